The van der Waals surface area contributed by atoms with E-state index >= 15 is 0 Å². The Labute approximate surface area is 186 Å². The third-order valence-corrected chi connectivity index (χ3v) is 5.99. The van der Waals surface area contributed by atoms with Gasteiger partial charge in [0.2, 0.25) is 5.91 Å². The topological polar surface area (TPSA) is 35.6 Å². The fourth-order valence-corrected chi connectivity index (χ4v) is 4.34. The molecule has 2 aliphatic rings. The molecule has 0 aromatic heterocycles. The van der Waals surface area contributed by atoms with Gasteiger partial charge in [0.1, 0.15) is 0 Å². The number of hydrogen-bond donors (Lipinski definition) is 1. The molecule has 1 aliphatic carbocycles. The number of amides is 1. The van der Waals surface area contributed by atoms with Crippen LogP contribution in [-0.2, 0) is 17.6 Å². The summed E-state index contributed by atoms with van der Waals surface area (Å²) >= 11 is 0. The first-order valence-corrected chi connectivity index (χ1v) is 10.0. The summed E-state index contributed by atoms with van der Waals surface area (Å²) in [6, 6.07) is 17.4. The highest BCUT2D eigenvalue weighted by molar-refractivity contribution is 5.85. The van der Waals surface area contributed by atoms with Crippen molar-refractivity contribution in [2.75, 3.05) is 46.3 Å². The Bertz CT molecular complexity index is 759. The summed E-state index contributed by atoms with van der Waals surface area (Å²) in [5.41, 5.74) is 5.55. The second-order valence-electron chi connectivity index (χ2n) is 7.83. The predicted molar refractivity (Wildman–Crippen MR) is 124 cm³/mol. The number of halogens is 2. The number of nitrogens with one attached hydrogen (secondary N) is 1. The summed E-state index contributed by atoms with van der Waals surface area (Å²) < 4.78 is 0. The van der Waals surface area contributed by atoms with Gasteiger partial charge in [0.05, 0.1) is 6.54 Å². The van der Waals surface area contributed by atoms with E-state index in [1.807, 2.05) is 0 Å². The van der Waals surface area contributed by atoms with E-state index < -0.39 is 0 Å². The maximum atomic E-state index is 12.6. The zero-order valence-corrected chi connectivity index (χ0v) is 18.6. The number of rotatable bonds is 4. The number of nitrogens with zero attached hydrogens (tertiary/aromatic N) is 2. The van der Waals surface area contributed by atoms with Crippen LogP contribution >= 0.6 is 24.8 Å². The van der Waals surface area contributed by atoms with Crippen LogP contribution < -0.4 is 5.32 Å². The van der Waals surface area contributed by atoms with Crippen LogP contribution in [0.2, 0.25) is 0 Å². The van der Waals surface area contributed by atoms with Gasteiger partial charge in [-0.3, -0.25) is 9.69 Å². The van der Waals surface area contributed by atoms with Crippen LogP contribution in [0.25, 0.3) is 0 Å². The highest BCUT2D eigenvalue weighted by Gasteiger charge is 2.24. The first-order valence-electron chi connectivity index (χ1n) is 10.0. The highest BCUT2D eigenvalue weighted by atomic mass is 35.5. The van der Waals surface area contributed by atoms with E-state index in [-0.39, 0.29) is 36.6 Å². The fourth-order valence-electron chi connectivity index (χ4n) is 4.34. The molecule has 0 unspecified atom stereocenters. The molecule has 0 bridgehead atoms. The molecule has 4 nitrogen and oxygen atoms in total. The largest absolute Gasteiger partial charge is 0.354 e. The van der Waals surface area contributed by atoms with Crippen molar-refractivity contribution in [1.82, 2.24) is 15.1 Å². The maximum Gasteiger partial charge on any atom is 0.234 e. The number of benzene rings is 2. The molecular weight excluding hydrogens is 405 g/mol. The quantitative estimate of drug-likeness (QED) is 0.800. The van der Waals surface area contributed by atoms with Gasteiger partial charge in [-0.25, -0.2) is 0 Å². The lowest BCUT2D eigenvalue weighted by molar-refractivity contribution is -0.122. The van der Waals surface area contributed by atoms with E-state index in [1.54, 1.807) is 0 Å². The van der Waals surface area contributed by atoms with E-state index in [4.69, 9.17) is 0 Å². The second-order valence-corrected chi connectivity index (χ2v) is 7.83. The van der Waals surface area contributed by atoms with Crippen molar-refractivity contribution in [3.63, 3.8) is 0 Å². The first-order chi connectivity index (χ1) is 13.2. The zero-order chi connectivity index (χ0) is 18.6. The van der Waals surface area contributed by atoms with Gasteiger partial charge < -0.3 is 10.2 Å². The normalized spacial score (nSPS) is 17.1. The molecule has 1 fully saturated rings. The predicted octanol–water partition coefficient (Wildman–Crippen LogP) is 3.12. The number of fused-ring (bicyclic) bond motifs is 2. The Morgan fingerprint density at radius 3 is 1.97 bits per heavy atom. The lowest BCUT2D eigenvalue weighted by Crippen LogP contribution is -2.48. The van der Waals surface area contributed by atoms with E-state index in [2.05, 4.69) is 70.7 Å². The molecule has 0 radical (unpaired) electrons. The van der Waals surface area contributed by atoms with Crippen molar-refractivity contribution in [3.05, 3.63) is 70.8 Å². The van der Waals surface area contributed by atoms with Crippen LogP contribution in [-0.4, -0.2) is 62.0 Å². The lowest BCUT2D eigenvalue weighted by Gasteiger charge is -2.32. The van der Waals surface area contributed by atoms with Crippen LogP contribution in [0.15, 0.2) is 48.5 Å². The SMILES string of the molecule is CN1CCN(CC(=O)NCC2c3ccccc3CCc3ccccc32)CC1.Cl.Cl. The Morgan fingerprint density at radius 2 is 1.41 bits per heavy atom. The van der Waals surface area contributed by atoms with Crippen molar-refractivity contribution in [1.29, 1.82) is 0 Å². The van der Waals surface area contributed by atoms with Gasteiger partial charge in [0.25, 0.3) is 0 Å². The van der Waals surface area contributed by atoms with Crippen LogP contribution in [0.1, 0.15) is 28.2 Å². The lowest BCUT2D eigenvalue weighted by atomic mass is 9.88. The summed E-state index contributed by atoms with van der Waals surface area (Å²) in [5.74, 6) is 0.370. The van der Waals surface area contributed by atoms with E-state index in [1.165, 1.54) is 22.3 Å². The fraction of sp³-hybridized carbons (Fsp3) is 0.435. The molecule has 1 amide bonds. The monoisotopic (exact) mass is 435 g/mol. The van der Waals surface area contributed by atoms with Gasteiger partial charge in [-0.05, 0) is 42.1 Å². The van der Waals surface area contributed by atoms with Crippen LogP contribution in [0.5, 0.6) is 0 Å². The average molecular weight is 436 g/mol. The molecule has 1 aliphatic heterocycles. The standard InChI is InChI=1S/C23H29N3O.2ClH/c1-25-12-14-26(15-13-25)17-23(27)24-16-22-20-8-4-2-6-18(20)10-11-19-7-3-5-9-21(19)22;;/h2-9,22H,10-17H2,1H3,(H,24,27);2*1H. The van der Waals surface area contributed by atoms with Gasteiger partial charge >= 0.3 is 0 Å². The number of hydrogen-bond acceptors (Lipinski definition) is 3. The van der Waals surface area contributed by atoms with Gasteiger partial charge in [0.15, 0.2) is 0 Å². The van der Waals surface area contributed by atoms with Crippen LogP contribution in [0.3, 0.4) is 0 Å². The number of carbonyl (C=O) groups excluding carboxylic acids is 1. The molecule has 158 valence electrons. The van der Waals surface area contributed by atoms with Crippen molar-refractivity contribution >= 4 is 30.7 Å². The second kappa shape index (κ2) is 11.0. The van der Waals surface area contributed by atoms with Gasteiger partial charge in [-0.15, -0.1) is 24.8 Å². The molecule has 29 heavy (non-hydrogen) atoms. The molecule has 0 atom stereocenters. The molecule has 4 rings (SSSR count). The summed E-state index contributed by atoms with van der Waals surface area (Å²) in [5, 5.41) is 3.23. The van der Waals surface area contributed by atoms with Crippen molar-refractivity contribution < 1.29 is 4.79 Å². The summed E-state index contributed by atoms with van der Waals surface area (Å²) in [6.07, 6.45) is 2.14. The zero-order valence-electron chi connectivity index (χ0n) is 17.0. The smallest absolute Gasteiger partial charge is 0.234 e. The molecule has 6 heteroatoms. The van der Waals surface area contributed by atoms with Crippen LogP contribution in [0, 0.1) is 0 Å². The van der Waals surface area contributed by atoms with Gasteiger partial charge in [0, 0.05) is 38.6 Å². The molecule has 1 saturated heterocycles. The Hall–Kier alpha value is -1.59. The highest BCUT2D eigenvalue weighted by Crippen LogP contribution is 2.33. The minimum atomic E-state index is 0. The van der Waals surface area contributed by atoms with Gasteiger partial charge in [-0.2, -0.15) is 0 Å². The van der Waals surface area contributed by atoms with Crippen LogP contribution in [0.4, 0.5) is 0 Å². The number of likely N-dealkylation sites (N-methyl/N-ethyl adjacent to an activating group) is 1. The van der Waals surface area contributed by atoms with Crippen molar-refractivity contribution in [2.45, 2.75) is 18.8 Å². The maximum absolute atomic E-state index is 12.6. The molecule has 0 saturated carbocycles. The molecule has 1 heterocycles. The van der Waals surface area contributed by atoms with E-state index in [0.717, 1.165) is 39.0 Å². The summed E-state index contributed by atoms with van der Waals surface area (Å²) in [7, 11) is 2.14. The number of piperazine rings is 1. The molecular formula is C23H31Cl2N3O. The summed E-state index contributed by atoms with van der Waals surface area (Å²) in [4.78, 5) is 17.1. The minimum Gasteiger partial charge on any atom is -0.354 e. The van der Waals surface area contributed by atoms with Gasteiger partial charge in [-0.1, -0.05) is 48.5 Å². The molecule has 0 spiro atoms. The number of aryl methyl sites for hydroxylation is 2. The molecule has 2 aromatic carbocycles. The van der Waals surface area contributed by atoms with E-state index in [0.29, 0.717) is 13.1 Å². The third-order valence-electron chi connectivity index (χ3n) is 5.99. The van der Waals surface area contributed by atoms with E-state index in [9.17, 15) is 4.79 Å². The number of carbonyl (C=O) groups is 1. The average Bonchev–Trinajstić information content (AvgIpc) is 2.85. The van der Waals surface area contributed by atoms with Crippen molar-refractivity contribution in [2.24, 2.45) is 0 Å². The minimum absolute atomic E-state index is 0. The molecule has 1 N–H and O–H groups in total. The van der Waals surface area contributed by atoms with Crippen molar-refractivity contribution in [3.8, 4) is 0 Å². The summed E-state index contributed by atoms with van der Waals surface area (Å²) in [6.45, 7) is 5.19. The Balaban J connectivity index is 0.00000150. The molecule has 2 aromatic rings. The Morgan fingerprint density at radius 1 is 0.897 bits per heavy atom. The third kappa shape index (κ3) is 5.73. The Kier molecular flexibility index (Phi) is 8.97. The first kappa shape index (κ1) is 23.7.